The molecular weight excluding hydrogens is 376 g/mol. The maximum atomic E-state index is 11.4. The zero-order valence-electron chi connectivity index (χ0n) is 10.9. The summed E-state index contributed by atoms with van der Waals surface area (Å²) in [6, 6.07) is 11.4. The second kappa shape index (κ2) is 6.21. The largest absolute Gasteiger partial charge is 0.478 e. The molecule has 0 aromatic heterocycles. The van der Waals surface area contributed by atoms with Gasteiger partial charge in [0.15, 0.2) is 9.84 Å². The van der Waals surface area contributed by atoms with Crippen LogP contribution in [0.4, 0.5) is 0 Å². The van der Waals surface area contributed by atoms with Crippen LogP contribution in [0.15, 0.2) is 61.6 Å². The fourth-order valence-corrected chi connectivity index (χ4v) is 3.55. The van der Waals surface area contributed by atoms with Crippen molar-refractivity contribution in [2.45, 2.75) is 14.7 Å². The number of carboxylic acids is 1. The van der Waals surface area contributed by atoms with Gasteiger partial charge in [0.05, 0.1) is 10.5 Å². The van der Waals surface area contributed by atoms with E-state index in [4.69, 9.17) is 0 Å². The van der Waals surface area contributed by atoms with E-state index in [1.165, 1.54) is 30.0 Å². The molecule has 2 aromatic rings. The Morgan fingerprint density at radius 3 is 2.29 bits per heavy atom. The van der Waals surface area contributed by atoms with Crippen molar-refractivity contribution in [3.05, 3.63) is 52.5 Å². The highest BCUT2D eigenvalue weighted by molar-refractivity contribution is 9.10. The topological polar surface area (TPSA) is 71.4 Å². The first-order valence-corrected chi connectivity index (χ1v) is 9.28. The van der Waals surface area contributed by atoms with Gasteiger partial charge in [0.2, 0.25) is 0 Å². The zero-order valence-corrected chi connectivity index (χ0v) is 14.1. The minimum absolute atomic E-state index is 0.196. The normalized spacial score (nSPS) is 11.3. The van der Waals surface area contributed by atoms with Crippen LogP contribution in [0.2, 0.25) is 0 Å². The molecule has 0 saturated heterocycles. The van der Waals surface area contributed by atoms with Crippen molar-refractivity contribution in [2.24, 2.45) is 0 Å². The van der Waals surface area contributed by atoms with E-state index in [0.717, 1.165) is 11.2 Å². The highest BCUT2D eigenvalue weighted by Gasteiger charge is 2.12. The minimum atomic E-state index is -3.23. The quantitative estimate of drug-likeness (QED) is 0.866. The van der Waals surface area contributed by atoms with Crippen LogP contribution in [0.3, 0.4) is 0 Å². The van der Waals surface area contributed by atoms with Crippen LogP contribution in [0, 0.1) is 0 Å². The predicted molar refractivity (Wildman–Crippen MR) is 84.8 cm³/mol. The van der Waals surface area contributed by atoms with Crippen molar-refractivity contribution in [3.63, 3.8) is 0 Å². The molecule has 0 aliphatic heterocycles. The zero-order chi connectivity index (χ0) is 15.6. The molecular formula is C14H11BrO4S2. The molecule has 0 unspecified atom stereocenters. The summed E-state index contributed by atoms with van der Waals surface area (Å²) >= 11 is 4.52. The Morgan fingerprint density at radius 1 is 1.14 bits per heavy atom. The van der Waals surface area contributed by atoms with Crippen molar-refractivity contribution in [1.82, 2.24) is 0 Å². The van der Waals surface area contributed by atoms with E-state index in [2.05, 4.69) is 15.9 Å². The fraction of sp³-hybridized carbons (Fsp3) is 0.0714. The van der Waals surface area contributed by atoms with Gasteiger partial charge in [-0.25, -0.2) is 13.2 Å². The third-order valence-electron chi connectivity index (χ3n) is 2.65. The lowest BCUT2D eigenvalue weighted by Crippen LogP contribution is -1.99. The fourth-order valence-electron chi connectivity index (χ4n) is 1.64. The van der Waals surface area contributed by atoms with E-state index in [9.17, 15) is 18.3 Å². The molecule has 0 bridgehead atoms. The summed E-state index contributed by atoms with van der Waals surface area (Å²) in [4.78, 5) is 12.8. The lowest BCUT2D eigenvalue weighted by molar-refractivity contribution is 0.0693. The summed E-state index contributed by atoms with van der Waals surface area (Å²) < 4.78 is 23.5. The smallest absolute Gasteiger partial charge is 0.336 e. The summed E-state index contributed by atoms with van der Waals surface area (Å²) in [7, 11) is -3.23. The molecule has 4 nitrogen and oxygen atoms in total. The van der Waals surface area contributed by atoms with Gasteiger partial charge in [-0.15, -0.1) is 0 Å². The Bertz CT molecular complexity index is 783. The van der Waals surface area contributed by atoms with Crippen molar-refractivity contribution < 1.29 is 18.3 Å². The van der Waals surface area contributed by atoms with Crippen LogP contribution in [0.25, 0.3) is 0 Å². The molecule has 0 spiro atoms. The minimum Gasteiger partial charge on any atom is -0.478 e. The van der Waals surface area contributed by atoms with Gasteiger partial charge in [-0.3, -0.25) is 0 Å². The van der Waals surface area contributed by atoms with Crippen LogP contribution in [0.1, 0.15) is 10.4 Å². The summed E-state index contributed by atoms with van der Waals surface area (Å²) in [5.74, 6) is -1.01. The number of hydrogen-bond acceptors (Lipinski definition) is 4. The molecule has 7 heteroatoms. The number of rotatable bonds is 4. The number of aromatic carboxylic acids is 1. The van der Waals surface area contributed by atoms with Crippen LogP contribution >= 0.6 is 27.7 Å². The molecule has 0 amide bonds. The molecule has 110 valence electrons. The summed E-state index contributed by atoms with van der Waals surface area (Å²) in [6.07, 6.45) is 1.15. The van der Waals surface area contributed by atoms with Crippen LogP contribution in [0.5, 0.6) is 0 Å². The van der Waals surface area contributed by atoms with Crippen LogP contribution in [-0.4, -0.2) is 25.7 Å². The molecule has 0 aliphatic rings. The van der Waals surface area contributed by atoms with Crippen molar-refractivity contribution in [2.75, 3.05) is 6.26 Å². The molecule has 0 aliphatic carbocycles. The Morgan fingerprint density at radius 2 is 1.76 bits per heavy atom. The van der Waals surface area contributed by atoms with Gasteiger partial charge in [0, 0.05) is 20.5 Å². The van der Waals surface area contributed by atoms with Gasteiger partial charge in [0.25, 0.3) is 0 Å². The number of benzene rings is 2. The Kier molecular flexibility index (Phi) is 4.75. The molecule has 0 atom stereocenters. The maximum Gasteiger partial charge on any atom is 0.336 e. The van der Waals surface area contributed by atoms with Gasteiger partial charge in [0.1, 0.15) is 0 Å². The molecule has 0 fully saturated rings. The van der Waals surface area contributed by atoms with Crippen LogP contribution < -0.4 is 0 Å². The van der Waals surface area contributed by atoms with E-state index in [1.807, 2.05) is 0 Å². The summed E-state index contributed by atoms with van der Waals surface area (Å²) in [5, 5.41) is 9.21. The maximum absolute atomic E-state index is 11.4. The van der Waals surface area contributed by atoms with E-state index in [0.29, 0.717) is 9.37 Å². The van der Waals surface area contributed by atoms with E-state index < -0.39 is 15.8 Å². The highest BCUT2D eigenvalue weighted by atomic mass is 79.9. The Labute approximate surface area is 135 Å². The molecule has 0 saturated carbocycles. The number of halogens is 1. The van der Waals surface area contributed by atoms with E-state index in [1.54, 1.807) is 24.3 Å². The number of hydrogen-bond donors (Lipinski definition) is 1. The van der Waals surface area contributed by atoms with Crippen molar-refractivity contribution in [1.29, 1.82) is 0 Å². The average Bonchev–Trinajstić information content (AvgIpc) is 2.40. The van der Waals surface area contributed by atoms with Crippen LogP contribution in [-0.2, 0) is 9.84 Å². The number of carboxylic acid groups (broad SMARTS) is 1. The molecule has 0 heterocycles. The number of carbonyl (C=O) groups is 1. The SMILES string of the molecule is CS(=O)(=O)c1ccc(Sc2ccc(Br)cc2C(=O)O)cc1. The first-order chi connectivity index (χ1) is 9.77. The molecule has 1 N–H and O–H groups in total. The van der Waals surface area contributed by atoms with Gasteiger partial charge in [-0.1, -0.05) is 27.7 Å². The first-order valence-electron chi connectivity index (χ1n) is 5.78. The third-order valence-corrected chi connectivity index (χ3v) is 5.36. The molecule has 0 radical (unpaired) electrons. The van der Waals surface area contributed by atoms with Gasteiger partial charge >= 0.3 is 5.97 Å². The summed E-state index contributed by atoms with van der Waals surface area (Å²) in [5.41, 5.74) is 0.196. The lowest BCUT2D eigenvalue weighted by Gasteiger charge is -2.07. The molecule has 2 aromatic carbocycles. The molecule has 21 heavy (non-hydrogen) atoms. The highest BCUT2D eigenvalue weighted by Crippen LogP contribution is 2.32. The standard InChI is InChI=1S/C14H11BrO4S2/c1-21(18,19)11-5-3-10(4-6-11)20-13-7-2-9(15)8-12(13)14(16)17/h2-8H,1H3,(H,16,17). The van der Waals surface area contributed by atoms with Crippen molar-refractivity contribution >= 4 is 43.5 Å². The van der Waals surface area contributed by atoms with Crippen molar-refractivity contribution in [3.8, 4) is 0 Å². The van der Waals surface area contributed by atoms with E-state index in [-0.39, 0.29) is 10.5 Å². The summed E-state index contributed by atoms with van der Waals surface area (Å²) in [6.45, 7) is 0. The Hall–Kier alpha value is -1.31. The first kappa shape index (κ1) is 16.1. The number of sulfone groups is 1. The van der Waals surface area contributed by atoms with Gasteiger partial charge in [-0.2, -0.15) is 0 Å². The predicted octanol–water partition coefficient (Wildman–Crippen LogP) is 3.70. The average molecular weight is 387 g/mol. The molecule has 2 rings (SSSR count). The van der Waals surface area contributed by atoms with Gasteiger partial charge in [-0.05, 0) is 42.5 Å². The monoisotopic (exact) mass is 386 g/mol. The van der Waals surface area contributed by atoms with E-state index >= 15 is 0 Å². The second-order valence-corrected chi connectivity index (χ2v) is 8.34. The Balaban J connectivity index is 2.33. The second-order valence-electron chi connectivity index (χ2n) is 4.29. The lowest BCUT2D eigenvalue weighted by atomic mass is 10.2. The third kappa shape index (κ3) is 4.09. The van der Waals surface area contributed by atoms with Gasteiger partial charge < -0.3 is 5.11 Å².